The molecule has 2 aliphatic rings. The summed E-state index contributed by atoms with van der Waals surface area (Å²) in [5.41, 5.74) is 1.22. The smallest absolute Gasteiger partial charge is 0.263 e. The standard InChI is InChI=1S/C22H29N3O2S2/c1-3-13-25-21(27)18-16-11-5-4-6-12-17(16)29-20(18)24-22(25)28-14(2)19(26)23-15-9-7-8-10-15/h3,14-15H,1,4-13H2,2H3,(H,23,26)/t14-/m0/s1. The van der Waals surface area contributed by atoms with Crippen LogP contribution in [0.4, 0.5) is 0 Å². The van der Waals surface area contributed by atoms with Gasteiger partial charge in [-0.05, 0) is 51.0 Å². The van der Waals surface area contributed by atoms with Crippen molar-refractivity contribution in [3.63, 3.8) is 0 Å². The van der Waals surface area contributed by atoms with E-state index >= 15 is 0 Å². The molecule has 0 unspecified atom stereocenters. The predicted octanol–water partition coefficient (Wildman–Crippen LogP) is 4.45. The first-order valence-electron chi connectivity index (χ1n) is 10.7. The van der Waals surface area contributed by atoms with E-state index in [4.69, 9.17) is 4.98 Å². The zero-order chi connectivity index (χ0) is 20.4. The summed E-state index contributed by atoms with van der Waals surface area (Å²) in [6.45, 7) is 6.12. The summed E-state index contributed by atoms with van der Waals surface area (Å²) in [4.78, 5) is 33.0. The van der Waals surface area contributed by atoms with Gasteiger partial charge in [-0.2, -0.15) is 0 Å². The molecule has 0 spiro atoms. The van der Waals surface area contributed by atoms with Crippen LogP contribution in [0.2, 0.25) is 0 Å². The number of hydrogen-bond acceptors (Lipinski definition) is 5. The summed E-state index contributed by atoms with van der Waals surface area (Å²) in [7, 11) is 0. The van der Waals surface area contributed by atoms with Crippen LogP contribution in [0.3, 0.4) is 0 Å². The molecule has 1 fully saturated rings. The molecule has 0 saturated heterocycles. The minimum Gasteiger partial charge on any atom is -0.352 e. The van der Waals surface area contributed by atoms with Gasteiger partial charge in [0.1, 0.15) is 4.83 Å². The molecule has 5 nitrogen and oxygen atoms in total. The first-order valence-corrected chi connectivity index (χ1v) is 12.4. The van der Waals surface area contributed by atoms with Crippen LogP contribution in [0.5, 0.6) is 0 Å². The van der Waals surface area contributed by atoms with Crippen LogP contribution in [0, 0.1) is 0 Å². The fourth-order valence-electron chi connectivity index (χ4n) is 4.38. The molecule has 1 saturated carbocycles. The highest BCUT2D eigenvalue weighted by atomic mass is 32.2. The molecule has 2 aromatic rings. The lowest BCUT2D eigenvalue weighted by atomic mass is 10.1. The number of amides is 1. The number of aryl methyl sites for hydroxylation is 2. The van der Waals surface area contributed by atoms with Gasteiger partial charge < -0.3 is 5.32 Å². The van der Waals surface area contributed by atoms with E-state index in [2.05, 4.69) is 11.9 Å². The molecule has 7 heteroatoms. The van der Waals surface area contributed by atoms with Crippen molar-refractivity contribution in [3.8, 4) is 0 Å². The summed E-state index contributed by atoms with van der Waals surface area (Å²) in [6.07, 6.45) is 11.8. The maximum absolute atomic E-state index is 13.4. The van der Waals surface area contributed by atoms with Crippen molar-refractivity contribution in [2.75, 3.05) is 0 Å². The molecule has 0 bridgehead atoms. The van der Waals surface area contributed by atoms with E-state index in [0.29, 0.717) is 17.7 Å². The lowest BCUT2D eigenvalue weighted by Gasteiger charge is -2.17. The fraction of sp³-hybridized carbons (Fsp3) is 0.591. The third-order valence-corrected chi connectivity index (χ3v) is 8.23. The average molecular weight is 432 g/mol. The number of aromatic nitrogens is 2. The van der Waals surface area contributed by atoms with Gasteiger partial charge in [-0.25, -0.2) is 4.98 Å². The van der Waals surface area contributed by atoms with Gasteiger partial charge in [0, 0.05) is 17.5 Å². The topological polar surface area (TPSA) is 64.0 Å². The molecule has 0 aliphatic heterocycles. The normalized spacial score (nSPS) is 18.4. The molecule has 1 atom stereocenters. The third kappa shape index (κ3) is 4.31. The Morgan fingerprint density at radius 1 is 1.31 bits per heavy atom. The summed E-state index contributed by atoms with van der Waals surface area (Å²) in [5, 5.41) is 4.27. The Bertz CT molecular complexity index is 973. The molecule has 0 radical (unpaired) electrons. The SMILES string of the molecule is C=CCn1c(S[C@@H](C)C(=O)NC2CCCC2)nc2sc3c(c2c1=O)CCCCC3. The van der Waals surface area contributed by atoms with Gasteiger partial charge in [0.05, 0.1) is 10.6 Å². The molecule has 2 aliphatic carbocycles. The molecule has 2 aromatic heterocycles. The van der Waals surface area contributed by atoms with E-state index in [0.717, 1.165) is 42.3 Å². The Labute approximate surface area is 180 Å². The Hall–Kier alpha value is -1.60. The van der Waals surface area contributed by atoms with Gasteiger partial charge >= 0.3 is 0 Å². The lowest BCUT2D eigenvalue weighted by Crippen LogP contribution is -2.38. The highest BCUT2D eigenvalue weighted by Crippen LogP contribution is 2.34. The van der Waals surface area contributed by atoms with E-state index in [1.165, 1.54) is 47.9 Å². The van der Waals surface area contributed by atoms with Gasteiger partial charge in [-0.3, -0.25) is 14.2 Å². The van der Waals surface area contributed by atoms with E-state index in [1.54, 1.807) is 22.0 Å². The largest absolute Gasteiger partial charge is 0.352 e. The number of hydrogen-bond donors (Lipinski definition) is 1. The molecule has 29 heavy (non-hydrogen) atoms. The minimum atomic E-state index is -0.297. The summed E-state index contributed by atoms with van der Waals surface area (Å²) < 4.78 is 1.69. The second-order valence-corrected chi connectivity index (χ2v) is 10.5. The van der Waals surface area contributed by atoms with E-state index in [1.807, 2.05) is 6.92 Å². The Balaban J connectivity index is 1.66. The molecule has 1 amide bonds. The van der Waals surface area contributed by atoms with Crippen molar-refractivity contribution in [1.29, 1.82) is 0 Å². The predicted molar refractivity (Wildman–Crippen MR) is 121 cm³/mol. The number of carbonyl (C=O) groups excluding carboxylic acids is 1. The van der Waals surface area contributed by atoms with Crippen molar-refractivity contribution in [3.05, 3.63) is 33.4 Å². The second-order valence-electron chi connectivity index (χ2n) is 8.09. The summed E-state index contributed by atoms with van der Waals surface area (Å²) in [5.74, 6) is 0.0309. The number of fused-ring (bicyclic) bond motifs is 3. The molecule has 0 aromatic carbocycles. The number of rotatable bonds is 6. The van der Waals surface area contributed by atoms with Crippen LogP contribution in [-0.2, 0) is 24.2 Å². The van der Waals surface area contributed by atoms with Crippen LogP contribution in [0.1, 0.15) is 62.3 Å². The lowest BCUT2D eigenvalue weighted by molar-refractivity contribution is -0.120. The maximum atomic E-state index is 13.4. The van der Waals surface area contributed by atoms with Crippen LogP contribution in [0.15, 0.2) is 22.6 Å². The van der Waals surface area contributed by atoms with Crippen molar-refractivity contribution in [2.24, 2.45) is 0 Å². The molecular formula is C22H29N3O2S2. The van der Waals surface area contributed by atoms with Gasteiger partial charge in [-0.1, -0.05) is 37.1 Å². The average Bonchev–Trinajstić information content (AvgIpc) is 3.26. The number of allylic oxidation sites excluding steroid dienone is 1. The number of thiophene rings is 1. The first kappa shape index (κ1) is 20.7. The van der Waals surface area contributed by atoms with Crippen LogP contribution < -0.4 is 10.9 Å². The number of nitrogens with one attached hydrogen (secondary N) is 1. The Kier molecular flexibility index (Phi) is 6.44. The Morgan fingerprint density at radius 3 is 2.83 bits per heavy atom. The van der Waals surface area contributed by atoms with Crippen molar-refractivity contribution in [1.82, 2.24) is 14.9 Å². The van der Waals surface area contributed by atoms with E-state index in [9.17, 15) is 9.59 Å². The Morgan fingerprint density at radius 2 is 2.07 bits per heavy atom. The number of carbonyl (C=O) groups is 1. The van der Waals surface area contributed by atoms with Gasteiger partial charge in [0.15, 0.2) is 5.16 Å². The minimum absolute atomic E-state index is 0.0141. The van der Waals surface area contributed by atoms with Crippen LogP contribution in [-0.4, -0.2) is 26.8 Å². The van der Waals surface area contributed by atoms with Crippen molar-refractivity contribution >= 4 is 39.2 Å². The van der Waals surface area contributed by atoms with Crippen molar-refractivity contribution in [2.45, 2.75) is 87.7 Å². The summed E-state index contributed by atoms with van der Waals surface area (Å²) >= 11 is 3.05. The zero-order valence-electron chi connectivity index (χ0n) is 17.0. The molecule has 156 valence electrons. The molecule has 2 heterocycles. The van der Waals surface area contributed by atoms with Gasteiger partial charge in [0.2, 0.25) is 5.91 Å². The second kappa shape index (κ2) is 9.04. The molecular weight excluding hydrogens is 402 g/mol. The molecule has 1 N–H and O–H groups in total. The molecule has 4 rings (SSSR count). The van der Waals surface area contributed by atoms with Crippen molar-refractivity contribution < 1.29 is 4.79 Å². The highest BCUT2D eigenvalue weighted by Gasteiger charge is 2.25. The quantitative estimate of drug-likeness (QED) is 0.318. The monoisotopic (exact) mass is 431 g/mol. The van der Waals surface area contributed by atoms with E-state index < -0.39 is 0 Å². The van der Waals surface area contributed by atoms with Gasteiger partial charge in [0.25, 0.3) is 5.56 Å². The van der Waals surface area contributed by atoms with Crippen LogP contribution in [0.25, 0.3) is 10.2 Å². The summed E-state index contributed by atoms with van der Waals surface area (Å²) in [6, 6.07) is 0.296. The fourth-order valence-corrected chi connectivity index (χ4v) is 6.61. The number of nitrogens with zero attached hydrogens (tertiary/aromatic N) is 2. The highest BCUT2D eigenvalue weighted by molar-refractivity contribution is 8.00. The van der Waals surface area contributed by atoms with Gasteiger partial charge in [-0.15, -0.1) is 17.9 Å². The first-order chi connectivity index (χ1) is 14.1. The maximum Gasteiger partial charge on any atom is 0.263 e. The zero-order valence-corrected chi connectivity index (χ0v) is 18.7. The third-order valence-electron chi connectivity index (χ3n) is 5.95. The van der Waals surface area contributed by atoms with E-state index in [-0.39, 0.29) is 16.7 Å². The number of thioether (sulfide) groups is 1. The van der Waals surface area contributed by atoms with Crippen LogP contribution >= 0.6 is 23.1 Å².